The molecule has 9 heteroatoms. The molecule has 0 radical (unpaired) electrons. The molecule has 134 valence electrons. The highest BCUT2D eigenvalue weighted by molar-refractivity contribution is 5.47. The van der Waals surface area contributed by atoms with Gasteiger partial charge in [0, 0.05) is 45.7 Å². The third-order valence-electron chi connectivity index (χ3n) is 4.86. The number of rotatable bonds is 2. The Balaban J connectivity index is 1.90. The maximum absolute atomic E-state index is 13.1. The normalized spacial score (nSPS) is 27.8. The Labute approximate surface area is 138 Å². The lowest BCUT2D eigenvalue weighted by molar-refractivity contribution is -0.141. The average molecular weight is 345 g/mol. The number of aromatic nitrogens is 2. The van der Waals surface area contributed by atoms with Crippen molar-refractivity contribution in [2.75, 3.05) is 50.1 Å². The van der Waals surface area contributed by atoms with E-state index in [1.54, 1.807) is 14.1 Å². The lowest BCUT2D eigenvalue weighted by atomic mass is 9.76. The van der Waals surface area contributed by atoms with Crippen LogP contribution in [0.1, 0.15) is 18.5 Å². The first-order valence-electron chi connectivity index (χ1n) is 8.01. The van der Waals surface area contributed by atoms with Crippen LogP contribution in [0.3, 0.4) is 0 Å². The van der Waals surface area contributed by atoms with E-state index in [1.807, 2.05) is 4.90 Å². The lowest BCUT2D eigenvalue weighted by Gasteiger charge is -2.47. The summed E-state index contributed by atoms with van der Waals surface area (Å²) in [4.78, 5) is 11.1. The molecule has 0 aliphatic carbocycles. The van der Waals surface area contributed by atoms with Crippen LogP contribution in [-0.4, -0.2) is 60.9 Å². The van der Waals surface area contributed by atoms with Gasteiger partial charge in [0.1, 0.15) is 5.82 Å². The van der Waals surface area contributed by atoms with Gasteiger partial charge in [-0.15, -0.1) is 0 Å². The first-order chi connectivity index (χ1) is 11.2. The van der Waals surface area contributed by atoms with E-state index in [1.165, 1.54) is 4.90 Å². The Morgan fingerprint density at radius 1 is 1.33 bits per heavy atom. The van der Waals surface area contributed by atoms with Crippen LogP contribution in [0.25, 0.3) is 0 Å². The van der Waals surface area contributed by atoms with Crippen molar-refractivity contribution in [3.8, 4) is 0 Å². The molecule has 3 heterocycles. The molecule has 2 N–H and O–H groups in total. The van der Waals surface area contributed by atoms with Crippen molar-refractivity contribution in [2.24, 2.45) is 5.92 Å². The number of aliphatic hydroxyl groups is 1. The molecule has 0 spiro atoms. The van der Waals surface area contributed by atoms with E-state index >= 15 is 0 Å². The van der Waals surface area contributed by atoms with Crippen molar-refractivity contribution < 1.29 is 18.3 Å². The van der Waals surface area contributed by atoms with E-state index < -0.39 is 17.5 Å². The molecule has 0 unspecified atom stereocenters. The van der Waals surface area contributed by atoms with E-state index in [0.29, 0.717) is 32.5 Å². The Morgan fingerprint density at radius 3 is 2.75 bits per heavy atom. The van der Waals surface area contributed by atoms with E-state index in [-0.39, 0.29) is 17.7 Å². The molecule has 2 aliphatic rings. The van der Waals surface area contributed by atoms with Crippen molar-refractivity contribution in [2.45, 2.75) is 24.6 Å². The number of nitrogens with zero attached hydrogens (tertiary/aromatic N) is 4. The fourth-order valence-electron chi connectivity index (χ4n) is 3.36. The summed E-state index contributed by atoms with van der Waals surface area (Å²) in [6, 6.07) is 0.994. The van der Waals surface area contributed by atoms with Crippen LogP contribution in [0.2, 0.25) is 0 Å². The molecule has 1 aromatic rings. The molecule has 2 fully saturated rings. The number of hydrogen-bond donors (Lipinski definition) is 2. The summed E-state index contributed by atoms with van der Waals surface area (Å²) in [7, 11) is 3.22. The van der Waals surface area contributed by atoms with Crippen LogP contribution in [0.15, 0.2) is 6.07 Å². The van der Waals surface area contributed by atoms with Gasteiger partial charge in [0.2, 0.25) is 5.95 Å². The molecule has 0 amide bonds. The fourth-order valence-corrected chi connectivity index (χ4v) is 3.36. The molecule has 2 aliphatic heterocycles. The molecule has 3 rings (SSSR count). The van der Waals surface area contributed by atoms with Crippen LogP contribution >= 0.6 is 0 Å². The fraction of sp³-hybridized carbons (Fsp3) is 0.733. The van der Waals surface area contributed by atoms with Crippen molar-refractivity contribution in [1.82, 2.24) is 15.3 Å². The topological polar surface area (TPSA) is 64.5 Å². The molecule has 2 saturated heterocycles. The van der Waals surface area contributed by atoms with Gasteiger partial charge in [0.05, 0.1) is 5.60 Å². The summed E-state index contributed by atoms with van der Waals surface area (Å²) in [5.74, 6) is 0.267. The Bertz CT molecular complexity index is 609. The summed E-state index contributed by atoms with van der Waals surface area (Å²) < 4.78 is 39.4. The molecular formula is C15H22F3N5O. The van der Waals surface area contributed by atoms with Crippen molar-refractivity contribution in [3.05, 3.63) is 11.8 Å². The van der Waals surface area contributed by atoms with Gasteiger partial charge >= 0.3 is 6.18 Å². The molecule has 1 aromatic heterocycles. The summed E-state index contributed by atoms with van der Waals surface area (Å²) in [6.07, 6.45) is -3.32. The minimum absolute atomic E-state index is 0.0212. The second-order valence-corrected chi connectivity index (χ2v) is 6.75. The summed E-state index contributed by atoms with van der Waals surface area (Å²) in [6.45, 7) is 2.38. The molecule has 2 atom stereocenters. The second-order valence-electron chi connectivity index (χ2n) is 6.75. The zero-order valence-corrected chi connectivity index (χ0v) is 13.8. The van der Waals surface area contributed by atoms with E-state index in [9.17, 15) is 18.3 Å². The third kappa shape index (κ3) is 3.27. The second kappa shape index (κ2) is 6.03. The molecule has 0 saturated carbocycles. The van der Waals surface area contributed by atoms with Crippen LogP contribution in [0.5, 0.6) is 0 Å². The lowest BCUT2D eigenvalue weighted by Crippen LogP contribution is -2.59. The van der Waals surface area contributed by atoms with Gasteiger partial charge in [-0.05, 0) is 19.4 Å². The maximum Gasteiger partial charge on any atom is 0.433 e. The van der Waals surface area contributed by atoms with Gasteiger partial charge in [-0.3, -0.25) is 0 Å². The first kappa shape index (κ1) is 17.2. The van der Waals surface area contributed by atoms with Crippen LogP contribution in [-0.2, 0) is 6.18 Å². The van der Waals surface area contributed by atoms with Gasteiger partial charge in [0.25, 0.3) is 0 Å². The summed E-state index contributed by atoms with van der Waals surface area (Å²) in [5, 5.41) is 13.9. The Kier molecular flexibility index (Phi) is 4.33. The van der Waals surface area contributed by atoms with Crippen molar-refractivity contribution in [3.63, 3.8) is 0 Å². The smallest absolute Gasteiger partial charge is 0.389 e. The zero-order chi connectivity index (χ0) is 17.5. The molecule has 0 bridgehead atoms. The van der Waals surface area contributed by atoms with Gasteiger partial charge in [-0.25, -0.2) is 4.98 Å². The molecular weight excluding hydrogens is 323 g/mol. The highest BCUT2D eigenvalue weighted by Crippen LogP contribution is 2.36. The highest BCUT2D eigenvalue weighted by Gasteiger charge is 2.43. The first-order valence-corrected chi connectivity index (χ1v) is 8.01. The Hall–Kier alpha value is -1.61. The van der Waals surface area contributed by atoms with Gasteiger partial charge < -0.3 is 20.2 Å². The number of fused-ring (bicyclic) bond motifs is 1. The van der Waals surface area contributed by atoms with E-state index in [2.05, 4.69) is 15.3 Å². The number of piperidine rings is 2. The minimum atomic E-state index is -4.52. The average Bonchev–Trinajstić information content (AvgIpc) is 2.52. The number of nitrogens with one attached hydrogen (secondary N) is 1. The largest absolute Gasteiger partial charge is 0.433 e. The predicted octanol–water partition coefficient (Wildman–Crippen LogP) is 1.11. The van der Waals surface area contributed by atoms with Crippen LogP contribution < -0.4 is 15.1 Å². The van der Waals surface area contributed by atoms with Crippen LogP contribution in [0, 0.1) is 5.92 Å². The van der Waals surface area contributed by atoms with Gasteiger partial charge in [0.15, 0.2) is 5.69 Å². The monoisotopic (exact) mass is 345 g/mol. The number of halogens is 3. The number of hydrogen-bond acceptors (Lipinski definition) is 6. The van der Waals surface area contributed by atoms with Crippen molar-refractivity contribution >= 4 is 11.8 Å². The summed E-state index contributed by atoms with van der Waals surface area (Å²) in [5.41, 5.74) is -1.68. The van der Waals surface area contributed by atoms with Gasteiger partial charge in [-0.1, -0.05) is 0 Å². The Morgan fingerprint density at radius 2 is 2.08 bits per heavy atom. The quantitative estimate of drug-likeness (QED) is 0.837. The molecule has 0 aromatic carbocycles. The maximum atomic E-state index is 13.1. The number of anilines is 2. The standard InChI is InChI=1S/C15H22F3N5O/c1-22(2)13-20-11(15(16,17)18)7-12(21-13)23-6-4-14(24)3-5-19-8-10(14)9-23/h7,10,19,24H,3-6,8-9H2,1-2H3/t10-,14-/m0/s1. The molecule has 6 nitrogen and oxygen atoms in total. The van der Waals surface area contributed by atoms with Gasteiger partial charge in [-0.2, -0.15) is 18.2 Å². The van der Waals surface area contributed by atoms with Crippen LogP contribution in [0.4, 0.5) is 24.9 Å². The predicted molar refractivity (Wildman–Crippen MR) is 84.1 cm³/mol. The van der Waals surface area contributed by atoms with E-state index in [4.69, 9.17) is 0 Å². The minimum Gasteiger partial charge on any atom is -0.389 e. The number of alkyl halides is 3. The van der Waals surface area contributed by atoms with Crippen molar-refractivity contribution in [1.29, 1.82) is 0 Å². The van der Waals surface area contributed by atoms with E-state index in [0.717, 1.165) is 12.6 Å². The SMILES string of the molecule is CN(C)c1nc(N2CC[C@@]3(O)CCNC[C@H]3C2)cc(C(F)(F)F)n1. The molecule has 24 heavy (non-hydrogen) atoms. The summed E-state index contributed by atoms with van der Waals surface area (Å²) >= 11 is 0. The zero-order valence-electron chi connectivity index (χ0n) is 13.8. The highest BCUT2D eigenvalue weighted by atomic mass is 19.4. The third-order valence-corrected chi connectivity index (χ3v) is 4.86.